The molecular weight excluding hydrogens is 206 g/mol. The van der Waals surface area contributed by atoms with Crippen LogP contribution < -0.4 is 5.73 Å². The van der Waals surface area contributed by atoms with Crippen LogP contribution in [0.5, 0.6) is 0 Å². The number of hydrogen-bond acceptors (Lipinski definition) is 4. The highest BCUT2D eigenvalue weighted by atomic mass is 16.5. The van der Waals surface area contributed by atoms with E-state index in [-0.39, 0.29) is 5.56 Å². The normalized spacial score (nSPS) is 22.1. The first kappa shape index (κ1) is 7.73. The summed E-state index contributed by atoms with van der Waals surface area (Å²) < 4.78 is 27.0. The zero-order chi connectivity index (χ0) is 14.1. The van der Waals surface area contributed by atoms with E-state index in [2.05, 4.69) is 9.97 Å². The molecule has 86 valence electrons. The maximum atomic E-state index is 11.0. The monoisotopic (exact) mass is 224 g/mol. The molecule has 1 heterocycles. The number of nitrogens with zero attached hydrogens (tertiary/aromatic N) is 2. The first-order valence-electron chi connectivity index (χ1n) is 6.65. The van der Waals surface area contributed by atoms with Gasteiger partial charge in [-0.05, 0) is 25.7 Å². The van der Waals surface area contributed by atoms with Crippen molar-refractivity contribution >= 4 is 5.91 Å². The van der Waals surface area contributed by atoms with Gasteiger partial charge in [0.25, 0.3) is 5.91 Å². The largest absolute Gasteiger partial charge is 0.370 e. The third-order valence-corrected chi connectivity index (χ3v) is 2.95. The molecule has 0 spiro atoms. The summed E-state index contributed by atoms with van der Waals surface area (Å²) in [6, 6.07) is 0. The fraction of sp³-hybridized carbons (Fsp3) is 0.545. The van der Waals surface area contributed by atoms with E-state index in [0.717, 1.165) is 12.8 Å². The highest BCUT2D eigenvalue weighted by Crippen LogP contribution is 2.39. The highest BCUT2D eigenvalue weighted by molar-refractivity contribution is 5.92. The standard InChI is InChI=1S/C11H15N3O2/c1-16-11(4-2-3-5-11)10-13-6-8(7-14-10)9(12)15/h6-7H,2-5H2,1H3,(H2,12,15)/i1D3. The number of nitrogens with two attached hydrogens (primary N) is 1. The Hall–Kier alpha value is -1.49. The zero-order valence-corrected chi connectivity index (χ0v) is 8.77. The summed E-state index contributed by atoms with van der Waals surface area (Å²) in [6.45, 7) is 0. The predicted molar refractivity (Wildman–Crippen MR) is 57.7 cm³/mol. The van der Waals surface area contributed by atoms with Crippen molar-refractivity contribution in [1.29, 1.82) is 0 Å². The number of ether oxygens (including phenoxy) is 1. The van der Waals surface area contributed by atoms with E-state index in [9.17, 15) is 4.79 Å². The maximum Gasteiger partial charge on any atom is 0.251 e. The van der Waals surface area contributed by atoms with Crippen molar-refractivity contribution in [3.05, 3.63) is 23.8 Å². The number of carbonyl (C=O) groups excluding carboxylic acids is 1. The highest BCUT2D eigenvalue weighted by Gasteiger charge is 2.38. The Labute approximate surface area is 98.2 Å². The van der Waals surface area contributed by atoms with Crippen molar-refractivity contribution in [3.8, 4) is 0 Å². The molecule has 0 atom stereocenters. The lowest BCUT2D eigenvalue weighted by molar-refractivity contribution is -0.0163. The molecule has 0 aliphatic heterocycles. The number of primary amides is 1. The number of methoxy groups -OCH3 is 1. The fourth-order valence-corrected chi connectivity index (χ4v) is 2.01. The van der Waals surface area contributed by atoms with Gasteiger partial charge in [-0.1, -0.05) is 0 Å². The summed E-state index contributed by atoms with van der Waals surface area (Å²) in [6.07, 6.45) is 5.43. The second-order valence-corrected chi connectivity index (χ2v) is 3.96. The van der Waals surface area contributed by atoms with Crippen molar-refractivity contribution < 1.29 is 13.6 Å². The van der Waals surface area contributed by atoms with Gasteiger partial charge in [0.1, 0.15) is 5.60 Å². The van der Waals surface area contributed by atoms with Gasteiger partial charge in [0, 0.05) is 19.4 Å². The van der Waals surface area contributed by atoms with Gasteiger partial charge < -0.3 is 10.5 Å². The molecule has 1 aromatic heterocycles. The zero-order valence-electron chi connectivity index (χ0n) is 11.8. The molecule has 1 aromatic rings. The van der Waals surface area contributed by atoms with Gasteiger partial charge in [0.15, 0.2) is 5.82 Å². The Bertz CT molecular complexity index is 467. The molecule has 0 saturated heterocycles. The molecule has 0 bridgehead atoms. The van der Waals surface area contributed by atoms with Crippen LogP contribution in [0.25, 0.3) is 0 Å². The summed E-state index contributed by atoms with van der Waals surface area (Å²) in [5.74, 6) is -0.324. The molecule has 5 heteroatoms. The molecule has 16 heavy (non-hydrogen) atoms. The number of hydrogen-bond donors (Lipinski definition) is 1. The van der Waals surface area contributed by atoms with Crippen molar-refractivity contribution in [2.24, 2.45) is 5.73 Å². The Kier molecular flexibility index (Phi) is 2.02. The molecule has 2 rings (SSSR count). The van der Waals surface area contributed by atoms with E-state index in [1.54, 1.807) is 0 Å². The second kappa shape index (κ2) is 4.17. The van der Waals surface area contributed by atoms with Gasteiger partial charge in [0.05, 0.1) is 9.68 Å². The molecule has 1 amide bonds. The summed E-state index contributed by atoms with van der Waals surface area (Å²) in [7, 11) is -2.50. The first-order valence-corrected chi connectivity index (χ1v) is 5.15. The van der Waals surface area contributed by atoms with Gasteiger partial charge in [-0.15, -0.1) is 0 Å². The first-order chi connectivity index (χ1) is 8.82. The Morgan fingerprint density at radius 1 is 1.50 bits per heavy atom. The lowest BCUT2D eigenvalue weighted by atomic mass is 10.0. The molecular formula is C11H15N3O2. The van der Waals surface area contributed by atoms with Crippen LogP contribution in [0.15, 0.2) is 12.4 Å². The SMILES string of the molecule is [2H]C([2H])([2H])OC1(c2ncc(C(N)=O)cn2)CCCC1. The molecule has 5 nitrogen and oxygen atoms in total. The minimum Gasteiger partial charge on any atom is -0.370 e. The number of carbonyl (C=O) groups is 1. The number of amides is 1. The Morgan fingerprint density at radius 2 is 2.12 bits per heavy atom. The van der Waals surface area contributed by atoms with Crippen LogP contribution in [0, 0.1) is 0 Å². The molecule has 1 saturated carbocycles. The lowest BCUT2D eigenvalue weighted by Gasteiger charge is -2.25. The summed E-state index contributed by atoms with van der Waals surface area (Å²) >= 11 is 0. The third-order valence-electron chi connectivity index (χ3n) is 2.95. The molecule has 0 radical (unpaired) electrons. The predicted octanol–water partition coefficient (Wildman–Crippen LogP) is 0.991. The minimum absolute atomic E-state index is 0.186. The summed E-state index contributed by atoms with van der Waals surface area (Å²) in [5, 5.41) is 0. The molecule has 0 aromatic carbocycles. The van der Waals surface area contributed by atoms with Gasteiger partial charge in [-0.3, -0.25) is 4.79 Å². The van der Waals surface area contributed by atoms with Crippen LogP contribution in [0.2, 0.25) is 0 Å². The molecule has 1 fully saturated rings. The third kappa shape index (κ3) is 1.78. The molecule has 2 N–H and O–H groups in total. The van der Waals surface area contributed by atoms with Crippen molar-refractivity contribution in [2.45, 2.75) is 31.3 Å². The minimum atomic E-state index is -2.50. The van der Waals surface area contributed by atoms with Gasteiger partial charge in [-0.25, -0.2) is 9.97 Å². The van der Waals surface area contributed by atoms with Gasteiger partial charge in [0.2, 0.25) is 0 Å². The van der Waals surface area contributed by atoms with Gasteiger partial charge in [-0.2, -0.15) is 0 Å². The van der Waals surface area contributed by atoms with E-state index in [4.69, 9.17) is 14.6 Å². The van der Waals surface area contributed by atoms with Crippen LogP contribution in [0.4, 0.5) is 0 Å². The molecule has 0 unspecified atom stereocenters. The van der Waals surface area contributed by atoms with E-state index < -0.39 is 18.5 Å². The van der Waals surface area contributed by atoms with Crippen LogP contribution in [0.3, 0.4) is 0 Å². The average Bonchev–Trinajstić information content (AvgIpc) is 2.76. The van der Waals surface area contributed by atoms with Crippen LogP contribution in [-0.2, 0) is 10.3 Å². The van der Waals surface area contributed by atoms with Crippen molar-refractivity contribution in [1.82, 2.24) is 9.97 Å². The van der Waals surface area contributed by atoms with Crippen LogP contribution in [-0.4, -0.2) is 22.9 Å². The number of rotatable bonds is 3. The van der Waals surface area contributed by atoms with E-state index in [0.29, 0.717) is 18.7 Å². The summed E-state index contributed by atoms with van der Waals surface area (Å²) in [5.41, 5.74) is 4.31. The smallest absolute Gasteiger partial charge is 0.251 e. The number of aromatic nitrogens is 2. The molecule has 1 aliphatic carbocycles. The van der Waals surface area contributed by atoms with E-state index in [1.165, 1.54) is 12.4 Å². The summed E-state index contributed by atoms with van der Waals surface area (Å²) in [4.78, 5) is 19.1. The Balaban J connectivity index is 2.31. The average molecular weight is 224 g/mol. The van der Waals surface area contributed by atoms with E-state index in [1.807, 2.05) is 0 Å². The second-order valence-electron chi connectivity index (χ2n) is 3.96. The quantitative estimate of drug-likeness (QED) is 0.830. The molecule has 1 aliphatic rings. The van der Waals surface area contributed by atoms with E-state index >= 15 is 0 Å². The van der Waals surface area contributed by atoms with Crippen LogP contribution >= 0.6 is 0 Å². The van der Waals surface area contributed by atoms with Crippen molar-refractivity contribution in [3.63, 3.8) is 0 Å². The van der Waals surface area contributed by atoms with Crippen molar-refractivity contribution in [2.75, 3.05) is 7.04 Å². The Morgan fingerprint density at radius 3 is 2.62 bits per heavy atom. The topological polar surface area (TPSA) is 78.1 Å². The van der Waals surface area contributed by atoms with Gasteiger partial charge >= 0.3 is 0 Å². The fourth-order valence-electron chi connectivity index (χ4n) is 2.01. The maximum absolute atomic E-state index is 11.0. The van der Waals surface area contributed by atoms with Crippen LogP contribution in [0.1, 0.15) is 46.0 Å². The lowest BCUT2D eigenvalue weighted by Crippen LogP contribution is -2.27.